The van der Waals surface area contributed by atoms with Crippen LogP contribution < -0.4 is 0 Å². The van der Waals surface area contributed by atoms with E-state index >= 15 is 0 Å². The highest BCUT2D eigenvalue weighted by atomic mass is 28.4. The molecule has 0 aliphatic carbocycles. The van der Waals surface area contributed by atoms with Crippen LogP contribution in [0.5, 0.6) is 0 Å². The molecule has 0 radical (unpaired) electrons. The van der Waals surface area contributed by atoms with Gasteiger partial charge < -0.3 is 0 Å². The van der Waals surface area contributed by atoms with Crippen LogP contribution in [-0.2, 0) is 0 Å². The largest absolute Gasteiger partial charge is 0.411 e. The first-order valence-corrected chi connectivity index (χ1v) is 4.85. The highest BCUT2D eigenvalue weighted by Gasteiger charge is 2.04. The number of allylic oxidation sites excluding steroid dienone is 1. The second kappa shape index (κ2) is 5.94. The molecule has 0 aliphatic rings. The summed E-state index contributed by atoms with van der Waals surface area (Å²) >= 11 is 0. The molecule has 0 unspecified atom stereocenters. The van der Waals surface area contributed by atoms with Crippen molar-refractivity contribution in [3.8, 4) is 0 Å². The fourth-order valence-electron chi connectivity index (χ4n) is 0.587. The van der Waals surface area contributed by atoms with E-state index in [1.807, 2.05) is 0 Å². The lowest BCUT2D eigenvalue weighted by molar-refractivity contribution is 0.634. The van der Waals surface area contributed by atoms with Gasteiger partial charge in [-0.05, 0) is 18.9 Å². The molecular formula is C6H12F2Si. The Morgan fingerprint density at radius 2 is 2.00 bits per heavy atom. The van der Waals surface area contributed by atoms with Gasteiger partial charge in [-0.1, -0.05) is 12.5 Å². The first kappa shape index (κ1) is 8.82. The zero-order valence-corrected chi connectivity index (χ0v) is 6.60. The second-order valence-corrected chi connectivity index (χ2v) is 3.32. The molecule has 0 aromatic carbocycles. The van der Waals surface area contributed by atoms with Crippen LogP contribution in [0.3, 0.4) is 0 Å². The normalized spacial score (nSPS) is 10.1. The minimum Gasteiger partial charge on any atom is -0.275 e. The third-order valence-corrected chi connectivity index (χ3v) is 1.93. The zero-order valence-electron chi connectivity index (χ0n) is 5.45. The monoisotopic (exact) mass is 150 g/mol. The van der Waals surface area contributed by atoms with Crippen molar-refractivity contribution in [1.29, 1.82) is 0 Å². The van der Waals surface area contributed by atoms with Gasteiger partial charge in [0, 0.05) is 0 Å². The number of hydrogen-bond acceptors (Lipinski definition) is 0. The van der Waals surface area contributed by atoms with E-state index in [9.17, 15) is 8.22 Å². The molecule has 0 heterocycles. The van der Waals surface area contributed by atoms with Gasteiger partial charge in [0.1, 0.15) is 0 Å². The molecule has 0 fully saturated rings. The number of rotatable bonds is 5. The van der Waals surface area contributed by atoms with Crippen LogP contribution in [0, 0.1) is 0 Å². The maximum absolute atomic E-state index is 11.6. The smallest absolute Gasteiger partial charge is 0.275 e. The zero-order chi connectivity index (χ0) is 7.11. The molecule has 9 heavy (non-hydrogen) atoms. The summed E-state index contributed by atoms with van der Waals surface area (Å²) in [6.07, 6.45) is 4.20. The molecule has 0 saturated heterocycles. The van der Waals surface area contributed by atoms with E-state index in [1.54, 1.807) is 6.08 Å². The SMILES string of the molecule is C=CCCCC[SiH](F)F. The molecule has 0 spiro atoms. The van der Waals surface area contributed by atoms with Gasteiger partial charge in [-0.15, -0.1) is 6.58 Å². The van der Waals surface area contributed by atoms with Gasteiger partial charge in [-0.3, -0.25) is 8.22 Å². The minimum absolute atomic E-state index is 0.174. The molecule has 0 aromatic heterocycles. The molecular weight excluding hydrogens is 138 g/mol. The summed E-state index contributed by atoms with van der Waals surface area (Å²) in [5, 5.41) is 0. The molecule has 0 atom stereocenters. The van der Waals surface area contributed by atoms with Gasteiger partial charge in [0.25, 0.3) is 0 Å². The third kappa shape index (κ3) is 7.82. The van der Waals surface area contributed by atoms with Gasteiger partial charge in [0.15, 0.2) is 0 Å². The predicted molar refractivity (Wildman–Crippen MR) is 38.2 cm³/mol. The van der Waals surface area contributed by atoms with E-state index in [2.05, 4.69) is 6.58 Å². The third-order valence-electron chi connectivity index (χ3n) is 1.08. The molecule has 0 amide bonds. The molecule has 0 saturated carbocycles. The summed E-state index contributed by atoms with van der Waals surface area (Å²) in [6.45, 7) is 3.50. The van der Waals surface area contributed by atoms with Crippen molar-refractivity contribution in [1.82, 2.24) is 0 Å². The summed E-state index contributed by atoms with van der Waals surface area (Å²) in [5.41, 5.74) is 0. The minimum atomic E-state index is -3.25. The average molecular weight is 150 g/mol. The van der Waals surface area contributed by atoms with Crippen molar-refractivity contribution in [3.63, 3.8) is 0 Å². The van der Waals surface area contributed by atoms with Crippen molar-refractivity contribution in [2.24, 2.45) is 0 Å². The van der Waals surface area contributed by atoms with E-state index in [4.69, 9.17) is 0 Å². The lowest BCUT2D eigenvalue weighted by Gasteiger charge is -1.93. The van der Waals surface area contributed by atoms with Crippen LogP contribution in [0.2, 0.25) is 6.04 Å². The van der Waals surface area contributed by atoms with Gasteiger partial charge in [0.05, 0.1) is 0 Å². The predicted octanol–water partition coefficient (Wildman–Crippen LogP) is 2.50. The van der Waals surface area contributed by atoms with E-state index in [1.165, 1.54) is 0 Å². The second-order valence-electron chi connectivity index (χ2n) is 1.96. The Balaban J connectivity index is 2.82. The summed E-state index contributed by atoms with van der Waals surface area (Å²) in [5.74, 6) is 0. The van der Waals surface area contributed by atoms with Crippen LogP contribution in [0.15, 0.2) is 12.7 Å². The van der Waals surface area contributed by atoms with Crippen molar-refractivity contribution in [2.75, 3.05) is 0 Å². The maximum atomic E-state index is 11.6. The van der Waals surface area contributed by atoms with E-state index in [0.29, 0.717) is 6.42 Å². The van der Waals surface area contributed by atoms with Crippen molar-refractivity contribution in [3.05, 3.63) is 12.7 Å². The Morgan fingerprint density at radius 3 is 2.44 bits per heavy atom. The molecule has 0 rings (SSSR count). The van der Waals surface area contributed by atoms with Crippen molar-refractivity contribution in [2.45, 2.75) is 25.3 Å². The molecule has 0 N–H and O–H groups in total. The summed E-state index contributed by atoms with van der Waals surface area (Å²) < 4.78 is 23.2. The fraction of sp³-hybridized carbons (Fsp3) is 0.667. The molecule has 3 heteroatoms. The summed E-state index contributed by atoms with van der Waals surface area (Å²) in [4.78, 5) is 0. The van der Waals surface area contributed by atoms with Gasteiger partial charge >= 0.3 is 9.46 Å². The van der Waals surface area contributed by atoms with E-state index in [-0.39, 0.29) is 6.04 Å². The van der Waals surface area contributed by atoms with Crippen LogP contribution >= 0.6 is 0 Å². The van der Waals surface area contributed by atoms with Gasteiger partial charge in [-0.2, -0.15) is 0 Å². The highest BCUT2D eigenvalue weighted by molar-refractivity contribution is 6.42. The molecule has 0 aliphatic heterocycles. The maximum Gasteiger partial charge on any atom is 0.411 e. The van der Waals surface area contributed by atoms with Crippen LogP contribution in [0.4, 0.5) is 8.22 Å². The van der Waals surface area contributed by atoms with Crippen LogP contribution in [0.1, 0.15) is 19.3 Å². The Hall–Kier alpha value is -0.183. The topological polar surface area (TPSA) is 0 Å². The van der Waals surface area contributed by atoms with Crippen molar-refractivity contribution >= 4 is 9.46 Å². The summed E-state index contributed by atoms with van der Waals surface area (Å²) in [7, 11) is -3.25. The van der Waals surface area contributed by atoms with Gasteiger partial charge in [0.2, 0.25) is 0 Å². The Morgan fingerprint density at radius 1 is 1.33 bits per heavy atom. The number of unbranched alkanes of at least 4 members (excludes halogenated alkanes) is 2. The van der Waals surface area contributed by atoms with E-state index in [0.717, 1.165) is 12.8 Å². The molecule has 54 valence electrons. The summed E-state index contributed by atoms with van der Waals surface area (Å²) in [6, 6.07) is 0.174. The van der Waals surface area contributed by atoms with Crippen LogP contribution in [-0.4, -0.2) is 9.46 Å². The number of halogens is 2. The van der Waals surface area contributed by atoms with Crippen molar-refractivity contribution < 1.29 is 8.22 Å². The molecule has 0 nitrogen and oxygen atoms in total. The highest BCUT2D eigenvalue weighted by Crippen LogP contribution is 2.05. The quantitative estimate of drug-likeness (QED) is 0.244. The fourth-order valence-corrected chi connectivity index (χ4v) is 1.18. The first-order chi connectivity index (χ1) is 4.27. The Bertz CT molecular complexity index is 73.5. The lowest BCUT2D eigenvalue weighted by atomic mass is 10.2. The lowest BCUT2D eigenvalue weighted by Crippen LogP contribution is -1.93. The molecule has 0 aromatic rings. The Labute approximate surface area is 56.5 Å². The van der Waals surface area contributed by atoms with E-state index < -0.39 is 9.46 Å². The standard InChI is InChI=1S/C6H12F2Si/c1-2-3-4-5-6-9(7)8/h2,9H,1,3-6H2. The number of hydrogen-bond donors (Lipinski definition) is 0. The average Bonchev–Trinajstić information content (AvgIpc) is 1.80. The van der Waals surface area contributed by atoms with Crippen LogP contribution in [0.25, 0.3) is 0 Å². The first-order valence-electron chi connectivity index (χ1n) is 3.16. The van der Waals surface area contributed by atoms with Gasteiger partial charge in [-0.25, -0.2) is 0 Å². The Kier molecular flexibility index (Phi) is 5.82. The molecule has 0 bridgehead atoms.